The number of nitrogens with one attached hydrogen (secondary N) is 2. The van der Waals surface area contributed by atoms with Crippen LogP contribution in [-0.4, -0.2) is 21.0 Å². The largest absolute Gasteiger partial charge is 0.457 e. The van der Waals surface area contributed by atoms with Gasteiger partial charge in [0.15, 0.2) is 0 Å². The molecule has 1 aromatic heterocycles. The quantitative estimate of drug-likeness (QED) is 0.258. The van der Waals surface area contributed by atoms with Crippen LogP contribution in [0.4, 0.5) is 11.4 Å². The van der Waals surface area contributed by atoms with Crippen LogP contribution >= 0.6 is 11.6 Å². The van der Waals surface area contributed by atoms with Gasteiger partial charge in [-0.25, -0.2) is 0 Å². The van der Waals surface area contributed by atoms with Crippen molar-refractivity contribution in [2.45, 2.75) is 13.8 Å². The normalized spacial score (nSPS) is 10.6. The third kappa shape index (κ3) is 5.36. The average Bonchev–Trinajstić information content (AvgIpc) is 3.24. The van der Waals surface area contributed by atoms with Gasteiger partial charge in [-0.2, -0.15) is 5.10 Å². The zero-order chi connectivity index (χ0) is 23.5. The van der Waals surface area contributed by atoms with Gasteiger partial charge >= 0.3 is 0 Å². The molecule has 8 nitrogen and oxygen atoms in total. The molecule has 0 saturated carbocycles. The minimum absolute atomic E-state index is 0.197. The van der Waals surface area contributed by atoms with Gasteiger partial charge in [0.1, 0.15) is 17.2 Å². The number of non-ortho nitro benzene ring substituents is 1. The van der Waals surface area contributed by atoms with Crippen molar-refractivity contribution in [2.24, 2.45) is 0 Å². The van der Waals surface area contributed by atoms with E-state index in [2.05, 4.69) is 15.5 Å². The Kier molecular flexibility index (Phi) is 6.10. The molecule has 0 atom stereocenters. The van der Waals surface area contributed by atoms with E-state index in [1.165, 1.54) is 18.2 Å². The number of anilines is 1. The molecular weight excluding hydrogens is 444 g/mol. The fraction of sp³-hybridized carbons (Fsp3) is 0.0833. The van der Waals surface area contributed by atoms with Gasteiger partial charge in [0.2, 0.25) is 0 Å². The molecule has 0 aliphatic carbocycles. The maximum atomic E-state index is 12.7. The summed E-state index contributed by atoms with van der Waals surface area (Å²) < 4.78 is 5.84. The Hall–Kier alpha value is -4.17. The molecule has 4 aromatic rings. The smallest absolute Gasteiger partial charge is 0.275 e. The van der Waals surface area contributed by atoms with E-state index in [4.69, 9.17) is 16.3 Å². The minimum Gasteiger partial charge on any atom is -0.457 e. The highest BCUT2D eigenvalue weighted by molar-refractivity contribution is 6.30. The van der Waals surface area contributed by atoms with Crippen molar-refractivity contribution in [3.63, 3.8) is 0 Å². The summed E-state index contributed by atoms with van der Waals surface area (Å²) in [6.45, 7) is 3.86. The van der Waals surface area contributed by atoms with Crippen molar-refractivity contribution in [2.75, 3.05) is 5.32 Å². The molecule has 0 fully saturated rings. The van der Waals surface area contributed by atoms with Gasteiger partial charge in [-0.15, -0.1) is 0 Å². The second-order valence-electron chi connectivity index (χ2n) is 7.53. The predicted octanol–water partition coefficient (Wildman–Crippen LogP) is 6.30. The number of halogens is 1. The first kappa shape index (κ1) is 22.0. The fourth-order valence-corrected chi connectivity index (χ4v) is 3.48. The summed E-state index contributed by atoms with van der Waals surface area (Å²) in [5, 5.41) is 21.5. The molecule has 0 saturated heterocycles. The van der Waals surface area contributed by atoms with Crippen LogP contribution in [0.1, 0.15) is 21.6 Å². The first-order chi connectivity index (χ1) is 15.8. The van der Waals surface area contributed by atoms with Crippen LogP contribution in [0.3, 0.4) is 0 Å². The second kappa shape index (κ2) is 9.13. The van der Waals surface area contributed by atoms with Crippen LogP contribution in [0.15, 0.2) is 66.7 Å². The molecule has 4 rings (SSSR count). The highest BCUT2D eigenvalue weighted by Gasteiger charge is 2.16. The lowest BCUT2D eigenvalue weighted by atomic mass is 10.1. The van der Waals surface area contributed by atoms with Crippen molar-refractivity contribution in [1.29, 1.82) is 0 Å². The number of carbonyl (C=O) groups excluding carboxylic acids is 1. The van der Waals surface area contributed by atoms with Gasteiger partial charge in [-0.1, -0.05) is 29.8 Å². The Balaban J connectivity index is 1.57. The Labute approximate surface area is 194 Å². The van der Waals surface area contributed by atoms with Crippen LogP contribution in [0, 0.1) is 24.0 Å². The number of rotatable bonds is 6. The van der Waals surface area contributed by atoms with Crippen LogP contribution in [0.2, 0.25) is 5.02 Å². The monoisotopic (exact) mass is 462 g/mol. The lowest BCUT2D eigenvalue weighted by Gasteiger charge is -2.10. The number of aryl methyl sites for hydroxylation is 2. The highest BCUT2D eigenvalue weighted by Crippen LogP contribution is 2.31. The lowest BCUT2D eigenvalue weighted by molar-refractivity contribution is -0.384. The Bertz CT molecular complexity index is 1330. The Morgan fingerprint density at radius 3 is 2.33 bits per heavy atom. The maximum Gasteiger partial charge on any atom is 0.275 e. The number of nitro benzene ring substituents is 1. The molecular formula is C24H19ClN4O4. The van der Waals surface area contributed by atoms with E-state index in [9.17, 15) is 14.9 Å². The SMILES string of the molecule is Cc1cc(C)cc(Oc2cc(NC(=O)c3cc(-c4ccc(Cl)cc4)n[nH]3)cc([N+](=O)[O-])c2)c1. The number of benzene rings is 3. The van der Waals surface area contributed by atoms with Gasteiger partial charge in [0.05, 0.1) is 22.4 Å². The number of aromatic nitrogens is 2. The number of nitrogens with zero attached hydrogens (tertiary/aromatic N) is 2. The number of hydrogen-bond donors (Lipinski definition) is 2. The van der Waals surface area contributed by atoms with Crippen molar-refractivity contribution < 1.29 is 14.5 Å². The Morgan fingerprint density at radius 2 is 1.67 bits per heavy atom. The molecule has 1 amide bonds. The molecule has 0 spiro atoms. The van der Waals surface area contributed by atoms with Crippen LogP contribution < -0.4 is 10.1 Å². The van der Waals surface area contributed by atoms with Gasteiger partial charge in [-0.3, -0.25) is 20.0 Å². The zero-order valence-corrected chi connectivity index (χ0v) is 18.5. The predicted molar refractivity (Wildman–Crippen MR) is 126 cm³/mol. The first-order valence-corrected chi connectivity index (χ1v) is 10.3. The summed E-state index contributed by atoms with van der Waals surface area (Å²) in [7, 11) is 0. The zero-order valence-electron chi connectivity index (χ0n) is 17.8. The summed E-state index contributed by atoms with van der Waals surface area (Å²) in [5.41, 5.74) is 3.56. The van der Waals surface area contributed by atoms with Gasteiger partial charge in [-0.05, 0) is 55.3 Å². The van der Waals surface area contributed by atoms with Gasteiger partial charge < -0.3 is 10.1 Å². The molecule has 0 bridgehead atoms. The minimum atomic E-state index is -0.543. The topological polar surface area (TPSA) is 110 Å². The van der Waals surface area contributed by atoms with Crippen molar-refractivity contribution >= 4 is 28.9 Å². The highest BCUT2D eigenvalue weighted by atomic mass is 35.5. The number of ether oxygens (including phenoxy) is 1. The molecule has 9 heteroatoms. The van der Waals surface area contributed by atoms with Crippen molar-refractivity contribution in [3.8, 4) is 22.8 Å². The van der Waals surface area contributed by atoms with Crippen molar-refractivity contribution in [3.05, 3.63) is 98.7 Å². The molecule has 0 radical (unpaired) electrons. The van der Waals surface area contributed by atoms with Gasteiger partial charge in [0, 0.05) is 22.7 Å². The molecule has 2 N–H and O–H groups in total. The van der Waals surface area contributed by atoms with E-state index in [-0.39, 0.29) is 22.8 Å². The molecule has 166 valence electrons. The third-order valence-electron chi connectivity index (χ3n) is 4.75. The molecule has 0 aliphatic heterocycles. The number of hydrogen-bond acceptors (Lipinski definition) is 5. The number of H-pyrrole nitrogens is 1. The second-order valence-corrected chi connectivity index (χ2v) is 7.96. The Morgan fingerprint density at radius 1 is 1.00 bits per heavy atom. The first-order valence-electron chi connectivity index (χ1n) is 9.95. The van der Waals surface area contributed by atoms with E-state index >= 15 is 0 Å². The summed E-state index contributed by atoms with van der Waals surface area (Å²) in [6.07, 6.45) is 0. The van der Waals surface area contributed by atoms with Crippen LogP contribution in [-0.2, 0) is 0 Å². The van der Waals surface area contributed by atoms with Crippen LogP contribution in [0.25, 0.3) is 11.3 Å². The molecule has 33 heavy (non-hydrogen) atoms. The molecule has 0 aliphatic rings. The average molecular weight is 463 g/mol. The number of nitro groups is 1. The lowest BCUT2D eigenvalue weighted by Crippen LogP contribution is -2.12. The van der Waals surface area contributed by atoms with Gasteiger partial charge in [0.25, 0.3) is 11.6 Å². The molecule has 0 unspecified atom stereocenters. The summed E-state index contributed by atoms with van der Waals surface area (Å²) in [4.78, 5) is 23.6. The van der Waals surface area contributed by atoms with E-state index in [1.54, 1.807) is 30.3 Å². The fourth-order valence-electron chi connectivity index (χ4n) is 3.35. The molecule has 3 aromatic carbocycles. The summed E-state index contributed by atoms with van der Waals surface area (Å²) >= 11 is 5.91. The third-order valence-corrected chi connectivity index (χ3v) is 5.01. The maximum absolute atomic E-state index is 12.7. The summed E-state index contributed by atoms with van der Waals surface area (Å²) in [6, 6.07) is 18.4. The number of amides is 1. The van der Waals surface area contributed by atoms with Crippen LogP contribution in [0.5, 0.6) is 11.5 Å². The van der Waals surface area contributed by atoms with E-state index in [0.29, 0.717) is 16.5 Å². The van der Waals surface area contributed by atoms with Crippen molar-refractivity contribution in [1.82, 2.24) is 10.2 Å². The standard InChI is InChI=1S/C24H19ClN4O4/c1-14-7-15(2)9-20(8-14)33-21-11-18(10-19(12-21)29(31)32)26-24(30)23-13-22(27-28-23)16-3-5-17(25)6-4-16/h3-13H,1-2H3,(H,26,30)(H,27,28). The number of aromatic amines is 1. The van der Waals surface area contributed by atoms with E-state index < -0.39 is 10.8 Å². The van der Waals surface area contributed by atoms with E-state index in [1.807, 2.05) is 32.0 Å². The number of carbonyl (C=O) groups is 1. The summed E-state index contributed by atoms with van der Waals surface area (Å²) in [5.74, 6) is 0.281. The van der Waals surface area contributed by atoms with E-state index in [0.717, 1.165) is 16.7 Å². The molecule has 1 heterocycles.